The van der Waals surface area contributed by atoms with Crippen molar-refractivity contribution in [2.75, 3.05) is 25.5 Å². The molecule has 1 aromatic carbocycles. The Hall–Kier alpha value is -3.14. The first-order valence-corrected chi connectivity index (χ1v) is 10.4. The van der Waals surface area contributed by atoms with Crippen LogP contribution in [0.1, 0.15) is 53.3 Å². The highest BCUT2D eigenvalue weighted by Gasteiger charge is 2.31. The van der Waals surface area contributed by atoms with Gasteiger partial charge in [0.25, 0.3) is 0 Å². The van der Waals surface area contributed by atoms with E-state index in [1.54, 1.807) is 66.0 Å². The first-order chi connectivity index (χ1) is 14.9. The number of hydrogen-bond acceptors (Lipinski definition) is 8. The lowest BCUT2D eigenvalue weighted by molar-refractivity contribution is -0.117. The van der Waals surface area contributed by atoms with Crippen LogP contribution < -0.4 is 15.4 Å². The quantitative estimate of drug-likeness (QED) is 0.601. The Morgan fingerprint density at radius 2 is 1.91 bits per heavy atom. The molecule has 0 unspecified atom stereocenters. The molecule has 0 aliphatic carbocycles. The summed E-state index contributed by atoms with van der Waals surface area (Å²) in [6, 6.07) is 7.15. The van der Waals surface area contributed by atoms with Gasteiger partial charge in [0.1, 0.15) is 16.9 Å². The zero-order valence-electron chi connectivity index (χ0n) is 19.8. The van der Waals surface area contributed by atoms with E-state index < -0.39 is 17.2 Å². The Morgan fingerprint density at radius 3 is 2.53 bits per heavy atom. The second-order valence-electron chi connectivity index (χ2n) is 8.85. The molecule has 0 fully saturated rings. The summed E-state index contributed by atoms with van der Waals surface area (Å²) >= 11 is 0. The van der Waals surface area contributed by atoms with Crippen LogP contribution in [0, 0.1) is 0 Å². The van der Waals surface area contributed by atoms with Gasteiger partial charge >= 0.3 is 6.09 Å². The molecule has 2 N–H and O–H groups in total. The molecule has 32 heavy (non-hydrogen) atoms. The van der Waals surface area contributed by atoms with Crippen LogP contribution in [0.5, 0.6) is 5.75 Å². The van der Waals surface area contributed by atoms with Crippen LogP contribution >= 0.6 is 0 Å². The molecule has 2 aromatic rings. The number of anilines is 1. The van der Waals surface area contributed by atoms with Crippen LogP contribution in [0.15, 0.2) is 28.8 Å². The van der Waals surface area contributed by atoms with Crippen molar-refractivity contribution in [3.8, 4) is 5.75 Å². The van der Waals surface area contributed by atoms with Gasteiger partial charge in [-0.15, -0.1) is 0 Å². The standard InChI is InChI=1S/C22H33N5O5/c1-8-27(13-17(28)23-15-10-9-11-16(12-15)30-7)14-18-24-19(26-32-18)22(5,6)25-20(29)31-21(2,3)4/h9-12H,8,13-14H2,1-7H3,(H,23,28)(H,25,29). The lowest BCUT2D eigenvalue weighted by Gasteiger charge is -2.26. The van der Waals surface area contributed by atoms with Gasteiger partial charge in [0.05, 0.1) is 20.2 Å². The van der Waals surface area contributed by atoms with Crippen molar-refractivity contribution in [2.45, 2.75) is 59.2 Å². The van der Waals surface area contributed by atoms with E-state index in [1.807, 2.05) is 11.8 Å². The number of aromatic nitrogens is 2. The van der Waals surface area contributed by atoms with E-state index in [0.717, 1.165) is 0 Å². The van der Waals surface area contributed by atoms with Crippen molar-refractivity contribution >= 4 is 17.7 Å². The molecular weight excluding hydrogens is 414 g/mol. The number of nitrogens with one attached hydrogen (secondary N) is 2. The number of nitrogens with zero attached hydrogens (tertiary/aromatic N) is 3. The van der Waals surface area contributed by atoms with Gasteiger partial charge in [-0.25, -0.2) is 4.79 Å². The summed E-state index contributed by atoms with van der Waals surface area (Å²) in [5.74, 6) is 1.15. The van der Waals surface area contributed by atoms with Gasteiger partial charge in [0.2, 0.25) is 11.8 Å². The normalized spacial score (nSPS) is 11.9. The fourth-order valence-corrected chi connectivity index (χ4v) is 2.76. The SMILES string of the molecule is CCN(CC(=O)Nc1cccc(OC)c1)Cc1nc(C(C)(C)NC(=O)OC(C)(C)C)no1. The predicted molar refractivity (Wildman–Crippen MR) is 119 cm³/mol. The summed E-state index contributed by atoms with van der Waals surface area (Å²) in [6.07, 6.45) is -0.571. The van der Waals surface area contributed by atoms with E-state index in [4.69, 9.17) is 14.0 Å². The molecule has 0 saturated heterocycles. The van der Waals surface area contributed by atoms with Gasteiger partial charge < -0.3 is 24.6 Å². The summed E-state index contributed by atoms with van der Waals surface area (Å²) < 4.78 is 15.8. The Morgan fingerprint density at radius 1 is 1.19 bits per heavy atom. The van der Waals surface area contributed by atoms with Crippen molar-refractivity contribution in [1.82, 2.24) is 20.4 Å². The second-order valence-corrected chi connectivity index (χ2v) is 8.85. The van der Waals surface area contributed by atoms with E-state index in [1.165, 1.54) is 0 Å². The number of alkyl carbamates (subject to hydrolysis) is 1. The number of ether oxygens (including phenoxy) is 2. The van der Waals surface area contributed by atoms with E-state index in [0.29, 0.717) is 29.7 Å². The Balaban J connectivity index is 1.96. The Bertz CT molecular complexity index is 919. The van der Waals surface area contributed by atoms with E-state index in [9.17, 15) is 9.59 Å². The highest BCUT2D eigenvalue weighted by Crippen LogP contribution is 2.19. The van der Waals surface area contributed by atoms with E-state index in [-0.39, 0.29) is 19.0 Å². The third kappa shape index (κ3) is 7.84. The number of methoxy groups -OCH3 is 1. The maximum absolute atomic E-state index is 12.4. The van der Waals surface area contributed by atoms with Gasteiger partial charge in [-0.05, 0) is 53.3 Å². The smallest absolute Gasteiger partial charge is 0.408 e. The van der Waals surface area contributed by atoms with Crippen LogP contribution in [0.2, 0.25) is 0 Å². The Labute approximate surface area is 188 Å². The topological polar surface area (TPSA) is 119 Å². The van der Waals surface area contributed by atoms with Crippen molar-refractivity contribution in [1.29, 1.82) is 0 Å². The summed E-state index contributed by atoms with van der Waals surface area (Å²) in [7, 11) is 1.57. The highest BCUT2D eigenvalue weighted by atomic mass is 16.6. The van der Waals surface area contributed by atoms with Crippen molar-refractivity contribution in [3.63, 3.8) is 0 Å². The Kier molecular flexibility index (Phi) is 8.20. The number of carbonyl (C=O) groups excluding carboxylic acids is 2. The molecule has 0 aliphatic rings. The molecule has 1 heterocycles. The maximum atomic E-state index is 12.4. The maximum Gasteiger partial charge on any atom is 0.408 e. The molecule has 10 nitrogen and oxygen atoms in total. The number of hydrogen-bond donors (Lipinski definition) is 2. The summed E-state index contributed by atoms with van der Waals surface area (Å²) in [5.41, 5.74) is -0.860. The lowest BCUT2D eigenvalue weighted by atomic mass is 10.1. The molecule has 0 aliphatic heterocycles. The van der Waals surface area contributed by atoms with Crippen LogP contribution in [0.3, 0.4) is 0 Å². The second kappa shape index (κ2) is 10.4. The third-order valence-electron chi connectivity index (χ3n) is 4.37. The van der Waals surface area contributed by atoms with Gasteiger partial charge in [-0.2, -0.15) is 4.98 Å². The number of carbonyl (C=O) groups is 2. The van der Waals surface area contributed by atoms with Crippen LogP contribution in [-0.4, -0.2) is 52.8 Å². The number of likely N-dealkylation sites (N-methyl/N-ethyl adjacent to an activating group) is 1. The average molecular weight is 448 g/mol. The predicted octanol–water partition coefficient (Wildman–Crippen LogP) is 3.30. The van der Waals surface area contributed by atoms with E-state index >= 15 is 0 Å². The molecule has 0 spiro atoms. The molecule has 2 rings (SSSR count). The van der Waals surface area contributed by atoms with E-state index in [2.05, 4.69) is 20.8 Å². The molecule has 0 radical (unpaired) electrons. The zero-order valence-corrected chi connectivity index (χ0v) is 19.8. The largest absolute Gasteiger partial charge is 0.497 e. The molecule has 0 atom stereocenters. The van der Waals surface area contributed by atoms with Gasteiger partial charge in [0, 0.05) is 11.8 Å². The molecule has 10 heteroatoms. The molecule has 1 aromatic heterocycles. The average Bonchev–Trinajstić information content (AvgIpc) is 3.15. The third-order valence-corrected chi connectivity index (χ3v) is 4.37. The van der Waals surface area contributed by atoms with Crippen molar-refractivity contribution in [3.05, 3.63) is 36.0 Å². The summed E-state index contributed by atoms with van der Waals surface area (Å²) in [6.45, 7) is 11.8. The number of benzene rings is 1. The van der Waals surface area contributed by atoms with Crippen LogP contribution in [0.4, 0.5) is 10.5 Å². The minimum Gasteiger partial charge on any atom is -0.497 e. The van der Waals surface area contributed by atoms with Crippen molar-refractivity contribution in [2.24, 2.45) is 0 Å². The fourth-order valence-electron chi connectivity index (χ4n) is 2.76. The molecule has 176 valence electrons. The minimum atomic E-state index is -0.898. The van der Waals surface area contributed by atoms with Crippen molar-refractivity contribution < 1.29 is 23.6 Å². The highest BCUT2D eigenvalue weighted by molar-refractivity contribution is 5.92. The summed E-state index contributed by atoms with van der Waals surface area (Å²) in [5, 5.41) is 9.59. The van der Waals surface area contributed by atoms with Crippen LogP contribution in [-0.2, 0) is 21.6 Å². The fraction of sp³-hybridized carbons (Fsp3) is 0.545. The first kappa shape index (κ1) is 25.1. The molecular formula is C22H33N5O5. The number of amides is 2. The number of rotatable bonds is 9. The van der Waals surface area contributed by atoms with Gasteiger partial charge in [-0.1, -0.05) is 18.1 Å². The van der Waals surface area contributed by atoms with Gasteiger partial charge in [0.15, 0.2) is 5.82 Å². The molecule has 2 amide bonds. The minimum absolute atomic E-state index is 0.144. The lowest BCUT2D eigenvalue weighted by Crippen LogP contribution is -2.44. The first-order valence-electron chi connectivity index (χ1n) is 10.4. The summed E-state index contributed by atoms with van der Waals surface area (Å²) in [4.78, 5) is 30.8. The monoisotopic (exact) mass is 447 g/mol. The van der Waals surface area contributed by atoms with Gasteiger partial charge in [-0.3, -0.25) is 9.69 Å². The zero-order chi connectivity index (χ0) is 23.9. The molecule has 0 bridgehead atoms. The molecule has 0 saturated carbocycles. The van der Waals surface area contributed by atoms with Crippen LogP contribution in [0.25, 0.3) is 0 Å².